The van der Waals surface area contributed by atoms with Crippen molar-refractivity contribution in [3.8, 4) is 11.3 Å². The minimum absolute atomic E-state index is 0.0199. The van der Waals surface area contributed by atoms with Crippen molar-refractivity contribution in [1.82, 2.24) is 14.8 Å². The minimum atomic E-state index is -2.93. The summed E-state index contributed by atoms with van der Waals surface area (Å²) in [6, 6.07) is 2.43. The summed E-state index contributed by atoms with van der Waals surface area (Å²) in [5.41, 5.74) is -0.388. The van der Waals surface area contributed by atoms with Gasteiger partial charge in [-0.2, -0.15) is 13.9 Å². The van der Waals surface area contributed by atoms with E-state index in [2.05, 4.69) is 10.1 Å². The minimum Gasteiger partial charge on any atom is -0.460 e. The number of pyridine rings is 1. The second-order valence-corrected chi connectivity index (χ2v) is 5.90. The smallest absolute Gasteiger partial charge is 0.333 e. The normalized spacial score (nSPS) is 11.8. The van der Waals surface area contributed by atoms with E-state index in [4.69, 9.17) is 4.74 Å². The molecule has 0 fully saturated rings. The predicted molar refractivity (Wildman–Crippen MR) is 76.2 cm³/mol. The van der Waals surface area contributed by atoms with Crippen molar-refractivity contribution in [2.45, 2.75) is 39.3 Å². The molecule has 0 atom stereocenters. The summed E-state index contributed by atoms with van der Waals surface area (Å²) in [6.45, 7) is 2.11. The van der Waals surface area contributed by atoms with Gasteiger partial charge in [0, 0.05) is 11.8 Å². The van der Waals surface area contributed by atoms with Gasteiger partial charge in [-0.05, 0) is 32.9 Å². The van der Waals surface area contributed by atoms with Crippen LogP contribution in [-0.2, 0) is 16.0 Å². The van der Waals surface area contributed by atoms with Crippen LogP contribution < -0.4 is 0 Å². The fraction of sp³-hybridized carbons (Fsp3) is 0.400. The van der Waals surface area contributed by atoms with Gasteiger partial charge < -0.3 is 4.74 Å². The highest BCUT2D eigenvalue weighted by Gasteiger charge is 2.22. The number of rotatable bonds is 4. The molecule has 0 aliphatic carbocycles. The maximum Gasteiger partial charge on any atom is 0.333 e. The Morgan fingerprint density at radius 3 is 2.57 bits per heavy atom. The van der Waals surface area contributed by atoms with E-state index in [9.17, 15) is 18.0 Å². The van der Waals surface area contributed by atoms with Crippen LogP contribution in [-0.4, -0.2) is 26.3 Å². The van der Waals surface area contributed by atoms with Gasteiger partial charge in [-0.3, -0.25) is 9.78 Å². The predicted octanol–water partition coefficient (Wildman–Crippen LogP) is 3.36. The van der Waals surface area contributed by atoms with Crippen LogP contribution >= 0.6 is 0 Å². The van der Waals surface area contributed by atoms with Crippen molar-refractivity contribution in [3.63, 3.8) is 0 Å². The Morgan fingerprint density at radius 2 is 2.00 bits per heavy atom. The third-order valence-electron chi connectivity index (χ3n) is 2.74. The molecule has 0 unspecified atom stereocenters. The van der Waals surface area contributed by atoms with Gasteiger partial charge in [0.05, 0.1) is 24.0 Å². The number of carbonyl (C=O) groups excluding carboxylic acids is 1. The van der Waals surface area contributed by atoms with Crippen LogP contribution in [0.2, 0.25) is 0 Å². The van der Waals surface area contributed by atoms with E-state index in [0.29, 0.717) is 4.68 Å². The van der Waals surface area contributed by atoms with Crippen LogP contribution in [0, 0.1) is 5.82 Å². The van der Waals surface area contributed by atoms with Gasteiger partial charge in [0.25, 0.3) is 0 Å². The number of hydrogen-bond donors (Lipinski definition) is 0. The first-order valence-corrected chi connectivity index (χ1v) is 6.85. The van der Waals surface area contributed by atoms with E-state index in [1.54, 1.807) is 20.8 Å². The number of nitrogens with zero attached hydrogens (tertiary/aromatic N) is 3. The average molecular weight is 327 g/mol. The highest BCUT2D eigenvalue weighted by Crippen LogP contribution is 2.23. The van der Waals surface area contributed by atoms with Gasteiger partial charge in [0.1, 0.15) is 11.4 Å². The molecule has 0 aliphatic rings. The van der Waals surface area contributed by atoms with E-state index in [1.165, 1.54) is 12.3 Å². The summed E-state index contributed by atoms with van der Waals surface area (Å²) in [5.74, 6) is -1.26. The third kappa shape index (κ3) is 4.54. The van der Waals surface area contributed by atoms with E-state index in [1.807, 2.05) is 0 Å². The first-order valence-electron chi connectivity index (χ1n) is 6.85. The molecule has 2 heterocycles. The maximum absolute atomic E-state index is 13.2. The second kappa shape index (κ2) is 6.39. The molecular weight excluding hydrogens is 311 g/mol. The monoisotopic (exact) mass is 327 g/mol. The van der Waals surface area contributed by atoms with Gasteiger partial charge in [0.2, 0.25) is 0 Å². The summed E-state index contributed by atoms with van der Waals surface area (Å²) in [4.78, 5) is 15.5. The Balaban J connectivity index is 2.31. The first-order chi connectivity index (χ1) is 10.7. The first kappa shape index (κ1) is 17.0. The van der Waals surface area contributed by atoms with Crippen molar-refractivity contribution in [1.29, 1.82) is 0 Å². The van der Waals surface area contributed by atoms with Gasteiger partial charge in [-0.1, -0.05) is 0 Å². The molecule has 5 nitrogen and oxygen atoms in total. The number of aromatic nitrogens is 3. The fourth-order valence-corrected chi connectivity index (χ4v) is 1.95. The number of alkyl halides is 2. The Morgan fingerprint density at radius 1 is 1.30 bits per heavy atom. The van der Waals surface area contributed by atoms with Crippen molar-refractivity contribution in [2.75, 3.05) is 0 Å². The largest absolute Gasteiger partial charge is 0.460 e. The zero-order valence-corrected chi connectivity index (χ0v) is 12.9. The fourth-order valence-electron chi connectivity index (χ4n) is 1.95. The molecule has 0 amide bonds. The Labute approximate surface area is 131 Å². The second-order valence-electron chi connectivity index (χ2n) is 5.90. The van der Waals surface area contributed by atoms with Crippen LogP contribution in [0.1, 0.15) is 33.0 Å². The molecule has 0 N–H and O–H groups in total. The molecule has 2 aromatic rings. The number of hydrogen-bond acceptors (Lipinski definition) is 4. The quantitative estimate of drug-likeness (QED) is 0.808. The molecule has 0 saturated heterocycles. The molecule has 0 spiro atoms. The highest BCUT2D eigenvalue weighted by atomic mass is 19.3. The molecule has 0 aromatic carbocycles. The molecule has 124 valence electrons. The maximum atomic E-state index is 13.2. The van der Waals surface area contributed by atoms with Crippen LogP contribution in [0.3, 0.4) is 0 Å². The Bertz CT molecular complexity index is 708. The molecule has 8 heteroatoms. The van der Waals surface area contributed by atoms with Crippen LogP contribution in [0.15, 0.2) is 24.5 Å². The molecule has 2 rings (SSSR count). The van der Waals surface area contributed by atoms with Crippen LogP contribution in [0.4, 0.5) is 13.2 Å². The van der Waals surface area contributed by atoms with Crippen molar-refractivity contribution in [2.24, 2.45) is 0 Å². The molecular formula is C15H16F3N3O2. The summed E-state index contributed by atoms with van der Waals surface area (Å²) >= 11 is 0. The lowest BCUT2D eigenvalue weighted by Gasteiger charge is -2.19. The van der Waals surface area contributed by atoms with E-state index in [0.717, 1.165) is 12.3 Å². The lowest BCUT2D eigenvalue weighted by atomic mass is 10.1. The zero-order chi connectivity index (χ0) is 17.2. The highest BCUT2D eigenvalue weighted by molar-refractivity contribution is 5.73. The molecule has 0 saturated carbocycles. The summed E-state index contributed by atoms with van der Waals surface area (Å²) in [5, 5.41) is 3.72. The summed E-state index contributed by atoms with van der Waals surface area (Å²) in [7, 11) is 0. The van der Waals surface area contributed by atoms with Crippen LogP contribution in [0.25, 0.3) is 11.3 Å². The number of ether oxygens (including phenoxy) is 1. The zero-order valence-electron chi connectivity index (χ0n) is 12.9. The lowest BCUT2D eigenvalue weighted by Crippen LogP contribution is -2.25. The van der Waals surface area contributed by atoms with Crippen molar-refractivity contribution >= 4 is 5.97 Å². The van der Waals surface area contributed by atoms with Gasteiger partial charge in [-0.15, -0.1) is 0 Å². The molecule has 23 heavy (non-hydrogen) atoms. The third-order valence-corrected chi connectivity index (χ3v) is 2.74. The topological polar surface area (TPSA) is 57.0 Å². The Hall–Kier alpha value is -2.38. The number of esters is 1. The van der Waals surface area contributed by atoms with E-state index < -0.39 is 23.9 Å². The number of halogens is 3. The molecule has 0 bridgehead atoms. The molecule has 0 aliphatic heterocycles. The van der Waals surface area contributed by atoms with E-state index >= 15 is 0 Å². The molecule has 0 radical (unpaired) electrons. The Kier molecular flexibility index (Phi) is 4.72. The summed E-state index contributed by atoms with van der Waals surface area (Å²) in [6.07, 6.45) is 1.94. The van der Waals surface area contributed by atoms with Crippen LogP contribution in [0.5, 0.6) is 0 Å². The summed E-state index contributed by atoms with van der Waals surface area (Å²) < 4.78 is 44.9. The SMILES string of the molecule is CC(C)(C)OC(=O)Cc1cc(-c2cncc(F)c2)nn1C(F)F. The van der Waals surface area contributed by atoms with Gasteiger partial charge >= 0.3 is 12.5 Å². The van der Waals surface area contributed by atoms with E-state index in [-0.39, 0.29) is 23.4 Å². The van der Waals surface area contributed by atoms with Crippen molar-refractivity contribution < 1.29 is 22.7 Å². The standard InChI is InChI=1S/C15H16F3N3O2/c1-15(2,3)23-13(22)6-11-5-12(20-21(11)14(17)18)9-4-10(16)8-19-7-9/h4-5,7-8,14H,6H2,1-3H3. The number of carbonyl (C=O) groups is 1. The van der Waals surface area contributed by atoms with Crippen molar-refractivity contribution in [3.05, 3.63) is 36.0 Å². The van der Waals surface area contributed by atoms with Gasteiger partial charge in [0.15, 0.2) is 0 Å². The average Bonchev–Trinajstić information content (AvgIpc) is 2.80. The van der Waals surface area contributed by atoms with Gasteiger partial charge in [-0.25, -0.2) is 9.07 Å². The molecule has 2 aromatic heterocycles. The lowest BCUT2D eigenvalue weighted by molar-refractivity contribution is -0.154.